The molecule has 0 aliphatic heterocycles. The Morgan fingerprint density at radius 3 is 1.40 bits per heavy atom. The lowest BCUT2D eigenvalue weighted by Crippen LogP contribution is -1.49. The second-order valence-electron chi connectivity index (χ2n) is 0.349. The molecule has 22 valence electrons. The smallest absolute Gasteiger partial charge is 0.196 e. The average molecular weight is 64.0 g/mol. The third-order valence-electron chi connectivity index (χ3n) is 0.112. The summed E-state index contributed by atoms with van der Waals surface area (Å²) in [7, 11) is 0. The molecule has 0 saturated carbocycles. The number of hydrogen-bond acceptors (Lipinski definition) is 2. The van der Waals surface area contributed by atoms with Gasteiger partial charge in [0.05, 0.1) is 12.1 Å². The average Bonchev–Trinajstić information content (AvgIpc) is 1.41. The van der Waals surface area contributed by atoms with Crippen molar-refractivity contribution in [2.24, 2.45) is 0 Å². The first kappa shape index (κ1) is 3.98. The van der Waals surface area contributed by atoms with Crippen molar-refractivity contribution in [1.82, 2.24) is 0 Å². The lowest BCUT2D eigenvalue weighted by atomic mass is 10.5. The van der Waals surface area contributed by atoms with Crippen LogP contribution in [0, 0.1) is 29.1 Å². The van der Waals surface area contributed by atoms with Gasteiger partial charge in [0.1, 0.15) is 0 Å². The first-order chi connectivity index (χ1) is 2.41. The minimum absolute atomic E-state index is 1.41. The summed E-state index contributed by atoms with van der Waals surface area (Å²) in [6.45, 7) is 0. The van der Waals surface area contributed by atoms with E-state index in [9.17, 15) is 0 Å². The van der Waals surface area contributed by atoms with Crippen molar-refractivity contribution >= 4 is 0 Å². The highest BCUT2D eigenvalue weighted by atomic mass is 14.3. The first-order valence-corrected chi connectivity index (χ1v) is 0.947. The van der Waals surface area contributed by atoms with Crippen molar-refractivity contribution in [3.8, 4) is 12.1 Å². The summed E-state index contributed by atoms with van der Waals surface area (Å²) in [5.74, 6) is 0. The maximum absolute atomic E-state index is 7.48. The molecule has 0 aromatic heterocycles. The normalized spacial score (nSPS) is 4.40. The van der Waals surface area contributed by atoms with E-state index in [0.717, 1.165) is 0 Å². The lowest BCUT2D eigenvalue weighted by Gasteiger charge is -1.41. The quantitative estimate of drug-likeness (QED) is 0.401. The number of nitriles is 2. The molecule has 0 bridgehead atoms. The van der Waals surface area contributed by atoms with Gasteiger partial charge in [-0.1, -0.05) is 0 Å². The Morgan fingerprint density at radius 2 is 1.40 bits per heavy atom. The Morgan fingerprint density at radius 1 is 1.00 bits per heavy atom. The number of rotatable bonds is 0. The van der Waals surface area contributed by atoms with Crippen molar-refractivity contribution in [3.63, 3.8) is 0 Å². The Balaban J connectivity index is 2.86. The van der Waals surface area contributed by atoms with Crippen LogP contribution in [0.2, 0.25) is 0 Å². The van der Waals surface area contributed by atoms with Crippen LogP contribution in [0.15, 0.2) is 0 Å². The fourth-order valence-electron chi connectivity index (χ4n) is 0.0250. The Hall–Kier alpha value is -1.02. The predicted molar refractivity (Wildman–Crippen MR) is 14.5 cm³/mol. The minimum Gasteiger partial charge on any atom is -0.196 e. The molecule has 0 unspecified atom stereocenters. The second-order valence-corrected chi connectivity index (χ2v) is 0.349. The summed E-state index contributed by atoms with van der Waals surface area (Å²) in [6, 6.07) is 2.81. The summed E-state index contributed by atoms with van der Waals surface area (Å²) >= 11 is 0. The zero-order chi connectivity index (χ0) is 4.12. The molecule has 0 spiro atoms. The Bertz CT molecular complexity index is 70.0. The van der Waals surface area contributed by atoms with Crippen LogP contribution in [0.25, 0.3) is 0 Å². The molecule has 0 fully saturated rings. The standard InChI is InChI=1S/C3N2/c4-2-1-3-5. The van der Waals surface area contributed by atoms with Crippen LogP contribution in [0.4, 0.5) is 0 Å². The Labute approximate surface area is 30.3 Å². The van der Waals surface area contributed by atoms with Gasteiger partial charge in [-0.2, -0.15) is 10.5 Å². The fourth-order valence-corrected chi connectivity index (χ4v) is 0.0250. The summed E-state index contributed by atoms with van der Waals surface area (Å²) < 4.78 is 0. The molecule has 0 aromatic carbocycles. The minimum atomic E-state index is 1.41. The van der Waals surface area contributed by atoms with E-state index in [1.807, 2.05) is 0 Å². The molecular formula is C3N2. The lowest BCUT2D eigenvalue weighted by molar-refractivity contribution is 1.47. The molecule has 0 aliphatic rings. The fraction of sp³-hybridized carbons (Fsp3) is 0. The van der Waals surface area contributed by atoms with Gasteiger partial charge < -0.3 is 0 Å². The van der Waals surface area contributed by atoms with Crippen LogP contribution in [0.3, 0.4) is 0 Å². The van der Waals surface area contributed by atoms with Gasteiger partial charge in [0.25, 0.3) is 0 Å². The second kappa shape index (κ2) is 2.98. The SMILES string of the molecule is N#C[C]C#N. The van der Waals surface area contributed by atoms with Gasteiger partial charge in [0.2, 0.25) is 6.42 Å². The van der Waals surface area contributed by atoms with E-state index >= 15 is 0 Å². The van der Waals surface area contributed by atoms with E-state index in [4.69, 9.17) is 10.5 Å². The molecule has 0 atom stereocenters. The van der Waals surface area contributed by atoms with E-state index in [1.165, 1.54) is 12.1 Å². The van der Waals surface area contributed by atoms with Crippen molar-refractivity contribution < 1.29 is 0 Å². The van der Waals surface area contributed by atoms with E-state index in [1.54, 1.807) is 6.42 Å². The van der Waals surface area contributed by atoms with Gasteiger partial charge >= 0.3 is 0 Å². The number of nitrogens with zero attached hydrogens (tertiary/aromatic N) is 2. The predicted octanol–water partition coefficient (Wildman–Crippen LogP) is 0.115. The molecule has 5 heavy (non-hydrogen) atoms. The molecule has 0 saturated heterocycles. The van der Waals surface area contributed by atoms with Crippen LogP contribution in [-0.4, -0.2) is 0 Å². The van der Waals surface area contributed by atoms with Crippen LogP contribution >= 0.6 is 0 Å². The number of hydrogen-bond donors (Lipinski definition) is 0. The largest absolute Gasteiger partial charge is 0.212 e. The zero-order valence-corrected chi connectivity index (χ0v) is 2.39. The van der Waals surface area contributed by atoms with Gasteiger partial charge in [-0.15, -0.1) is 0 Å². The highest BCUT2D eigenvalue weighted by molar-refractivity contribution is 5.08. The maximum Gasteiger partial charge on any atom is 0.212 e. The van der Waals surface area contributed by atoms with E-state index in [-0.39, 0.29) is 0 Å². The highest BCUT2D eigenvalue weighted by Crippen LogP contribution is 1.57. The van der Waals surface area contributed by atoms with E-state index < -0.39 is 0 Å². The van der Waals surface area contributed by atoms with Crippen molar-refractivity contribution in [2.45, 2.75) is 0 Å². The van der Waals surface area contributed by atoms with Gasteiger partial charge in [0.15, 0.2) is 0 Å². The van der Waals surface area contributed by atoms with Crippen LogP contribution < -0.4 is 0 Å². The zero-order valence-electron chi connectivity index (χ0n) is 2.39. The molecule has 0 heterocycles. The first-order valence-electron chi connectivity index (χ1n) is 0.947. The molecule has 0 aromatic rings. The summed E-state index contributed by atoms with van der Waals surface area (Å²) in [4.78, 5) is 0. The van der Waals surface area contributed by atoms with Crippen molar-refractivity contribution in [1.29, 1.82) is 10.5 Å². The molecule has 0 amide bonds. The van der Waals surface area contributed by atoms with E-state index in [2.05, 4.69) is 0 Å². The molecule has 2 nitrogen and oxygen atoms in total. The van der Waals surface area contributed by atoms with Crippen LogP contribution in [0.5, 0.6) is 0 Å². The monoisotopic (exact) mass is 64.0 g/mol. The van der Waals surface area contributed by atoms with Gasteiger partial charge in [0, 0.05) is 0 Å². The summed E-state index contributed by atoms with van der Waals surface area (Å²) in [6.07, 6.45) is 1.72. The maximum atomic E-state index is 7.48. The van der Waals surface area contributed by atoms with E-state index in [0.29, 0.717) is 0 Å². The molecule has 2 radical (unpaired) electrons. The Kier molecular flexibility index (Phi) is 2.37. The third kappa shape index (κ3) is 2.98. The molecule has 0 N–H and O–H groups in total. The van der Waals surface area contributed by atoms with Gasteiger partial charge in [-0.25, -0.2) is 0 Å². The van der Waals surface area contributed by atoms with Crippen LogP contribution in [0.1, 0.15) is 0 Å². The summed E-state index contributed by atoms with van der Waals surface area (Å²) in [5, 5.41) is 15.0. The highest BCUT2D eigenvalue weighted by Gasteiger charge is 1.66. The molecule has 0 rings (SSSR count). The van der Waals surface area contributed by atoms with Gasteiger partial charge in [-0.3, -0.25) is 0 Å². The molecular weight excluding hydrogens is 64.0 g/mol. The van der Waals surface area contributed by atoms with Crippen molar-refractivity contribution in [2.75, 3.05) is 0 Å². The van der Waals surface area contributed by atoms with Crippen molar-refractivity contribution in [3.05, 3.63) is 6.42 Å². The summed E-state index contributed by atoms with van der Waals surface area (Å²) in [5.41, 5.74) is 0. The third-order valence-corrected chi connectivity index (χ3v) is 0.112. The molecule has 2 heteroatoms. The van der Waals surface area contributed by atoms with Gasteiger partial charge in [-0.05, 0) is 0 Å². The molecule has 0 aliphatic carbocycles. The van der Waals surface area contributed by atoms with Crippen LogP contribution in [-0.2, 0) is 0 Å². The topological polar surface area (TPSA) is 47.6 Å².